The van der Waals surface area contributed by atoms with Crippen molar-refractivity contribution in [2.24, 2.45) is 11.7 Å². The van der Waals surface area contributed by atoms with Gasteiger partial charge in [0.2, 0.25) is 0 Å². The van der Waals surface area contributed by atoms with Crippen LogP contribution in [0.3, 0.4) is 0 Å². The van der Waals surface area contributed by atoms with Crippen LogP contribution in [0.5, 0.6) is 5.75 Å². The van der Waals surface area contributed by atoms with E-state index in [1.807, 2.05) is 0 Å². The molecule has 0 aliphatic heterocycles. The second kappa shape index (κ2) is 8.84. The van der Waals surface area contributed by atoms with Crippen LogP contribution in [0.15, 0.2) is 41.4 Å². The molecule has 0 radical (unpaired) electrons. The Hall–Kier alpha value is -2.42. The smallest absolute Gasteiger partial charge is 0.179 e. The minimum atomic E-state index is -3.55. The van der Waals surface area contributed by atoms with Gasteiger partial charge in [-0.25, -0.2) is 12.8 Å². The number of phenols is 1. The molecule has 0 bridgehead atoms. The van der Waals surface area contributed by atoms with Crippen molar-refractivity contribution in [2.75, 3.05) is 18.1 Å². The first-order valence-electron chi connectivity index (χ1n) is 10.4. The van der Waals surface area contributed by atoms with Gasteiger partial charge in [0.1, 0.15) is 4.90 Å². The summed E-state index contributed by atoms with van der Waals surface area (Å²) in [7, 11) is -3.55. The number of sulfone groups is 1. The zero-order chi connectivity index (χ0) is 23.0. The number of halogens is 2. The molecule has 4 N–H and O–H groups in total. The number of anilines is 1. The van der Waals surface area contributed by atoms with Gasteiger partial charge in [0.05, 0.1) is 16.2 Å². The molecule has 1 saturated carbocycles. The third-order valence-corrected chi connectivity index (χ3v) is 7.51. The Kier molecular flexibility index (Phi) is 6.29. The highest BCUT2D eigenvalue weighted by Gasteiger charge is 2.24. The summed E-state index contributed by atoms with van der Waals surface area (Å²) in [5.74, 6) is -0.935. The molecular formula is C23H25ClFN3O3S. The number of aromatic hydroxyl groups is 1. The van der Waals surface area contributed by atoms with Gasteiger partial charge < -0.3 is 16.2 Å². The summed E-state index contributed by atoms with van der Waals surface area (Å²) >= 11 is 5.95. The largest absolute Gasteiger partial charge is 0.504 e. The third kappa shape index (κ3) is 4.53. The van der Waals surface area contributed by atoms with Gasteiger partial charge in [-0.05, 0) is 73.5 Å². The second-order valence-electron chi connectivity index (χ2n) is 8.39. The molecule has 1 heterocycles. The Morgan fingerprint density at radius 2 is 1.91 bits per heavy atom. The van der Waals surface area contributed by atoms with E-state index in [1.165, 1.54) is 18.3 Å². The molecule has 2 aromatic carbocycles. The number of aromatic nitrogens is 1. The number of pyridine rings is 1. The maximum absolute atomic E-state index is 14.1. The quantitative estimate of drug-likeness (QED) is 0.490. The molecule has 6 nitrogen and oxygen atoms in total. The maximum Gasteiger partial charge on any atom is 0.179 e. The van der Waals surface area contributed by atoms with Crippen LogP contribution in [0.2, 0.25) is 5.02 Å². The van der Waals surface area contributed by atoms with E-state index in [1.54, 1.807) is 18.2 Å². The number of nitrogens with zero attached hydrogens (tertiary/aromatic N) is 1. The first kappa shape index (κ1) is 22.8. The molecule has 1 fully saturated rings. The van der Waals surface area contributed by atoms with Crippen LogP contribution >= 0.6 is 11.6 Å². The molecule has 0 spiro atoms. The van der Waals surface area contributed by atoms with Crippen molar-refractivity contribution in [3.05, 3.63) is 47.4 Å². The van der Waals surface area contributed by atoms with Crippen molar-refractivity contribution in [2.45, 2.75) is 36.6 Å². The van der Waals surface area contributed by atoms with E-state index in [0.29, 0.717) is 40.2 Å². The SMILES string of the molecule is CS(=O)(=O)c1cnc2ccc(-c3cc(F)c(O)c(Cl)c3)cc2c1NC1CCC(CN)CC1. The van der Waals surface area contributed by atoms with Crippen LogP contribution in [0, 0.1) is 11.7 Å². The van der Waals surface area contributed by atoms with Gasteiger partial charge in [-0.1, -0.05) is 17.7 Å². The number of benzene rings is 2. The molecule has 32 heavy (non-hydrogen) atoms. The van der Waals surface area contributed by atoms with Crippen LogP contribution in [-0.2, 0) is 9.84 Å². The summed E-state index contributed by atoms with van der Waals surface area (Å²) in [5, 5.41) is 13.6. The maximum atomic E-state index is 14.1. The average molecular weight is 478 g/mol. The molecule has 3 aromatic rings. The van der Waals surface area contributed by atoms with Crippen molar-refractivity contribution < 1.29 is 17.9 Å². The van der Waals surface area contributed by atoms with E-state index in [4.69, 9.17) is 17.3 Å². The summed E-state index contributed by atoms with van der Waals surface area (Å²) < 4.78 is 39.1. The molecule has 9 heteroatoms. The van der Waals surface area contributed by atoms with Crippen LogP contribution < -0.4 is 11.1 Å². The molecule has 0 unspecified atom stereocenters. The van der Waals surface area contributed by atoms with Crippen molar-refractivity contribution in [1.29, 1.82) is 0 Å². The fourth-order valence-electron chi connectivity index (χ4n) is 4.26. The lowest BCUT2D eigenvalue weighted by Crippen LogP contribution is -2.29. The third-order valence-electron chi connectivity index (χ3n) is 6.11. The highest BCUT2D eigenvalue weighted by molar-refractivity contribution is 7.90. The van der Waals surface area contributed by atoms with E-state index in [2.05, 4.69) is 10.3 Å². The Morgan fingerprint density at radius 1 is 1.19 bits per heavy atom. The van der Waals surface area contributed by atoms with Crippen molar-refractivity contribution in [3.63, 3.8) is 0 Å². The van der Waals surface area contributed by atoms with Crippen LogP contribution in [-0.4, -0.2) is 37.4 Å². The standard InChI is InChI=1S/C23H25ClFN3O3S/c1-32(30,31)21-12-27-20-7-4-14(15-9-18(24)23(29)19(25)10-15)8-17(20)22(21)28-16-5-2-13(11-26)3-6-16/h4,7-10,12-13,16,29H,2-3,5-6,11,26H2,1H3,(H,27,28). The van der Waals surface area contributed by atoms with Gasteiger partial charge in [-0.2, -0.15) is 0 Å². The van der Waals surface area contributed by atoms with E-state index in [-0.39, 0.29) is 16.0 Å². The molecular weight excluding hydrogens is 453 g/mol. The number of hydrogen-bond donors (Lipinski definition) is 3. The van der Waals surface area contributed by atoms with Crippen molar-refractivity contribution in [3.8, 4) is 16.9 Å². The van der Waals surface area contributed by atoms with E-state index in [0.717, 1.165) is 31.9 Å². The first-order chi connectivity index (χ1) is 15.2. The summed E-state index contributed by atoms with van der Waals surface area (Å²) in [6, 6.07) is 8.06. The molecule has 170 valence electrons. The van der Waals surface area contributed by atoms with Crippen molar-refractivity contribution in [1.82, 2.24) is 4.98 Å². The van der Waals surface area contributed by atoms with E-state index >= 15 is 0 Å². The van der Waals surface area contributed by atoms with Gasteiger partial charge in [-0.15, -0.1) is 0 Å². The number of nitrogens with one attached hydrogen (secondary N) is 1. The Labute approximate surface area is 191 Å². The summed E-state index contributed by atoms with van der Waals surface area (Å²) in [5.41, 5.74) is 8.01. The van der Waals surface area contributed by atoms with E-state index in [9.17, 15) is 17.9 Å². The Morgan fingerprint density at radius 3 is 2.53 bits per heavy atom. The predicted octanol–water partition coefficient (Wildman–Crippen LogP) is 4.73. The number of hydrogen-bond acceptors (Lipinski definition) is 6. The topological polar surface area (TPSA) is 105 Å². The zero-order valence-corrected chi connectivity index (χ0v) is 19.2. The lowest BCUT2D eigenvalue weighted by atomic mass is 9.86. The molecule has 0 saturated heterocycles. The highest BCUT2D eigenvalue weighted by atomic mass is 35.5. The zero-order valence-electron chi connectivity index (χ0n) is 17.6. The van der Waals surface area contributed by atoms with Crippen LogP contribution in [0.25, 0.3) is 22.0 Å². The lowest BCUT2D eigenvalue weighted by Gasteiger charge is -2.30. The Bertz CT molecular complexity index is 1250. The minimum absolute atomic E-state index is 0.0990. The summed E-state index contributed by atoms with van der Waals surface area (Å²) in [4.78, 5) is 4.46. The van der Waals surface area contributed by atoms with Gasteiger partial charge >= 0.3 is 0 Å². The van der Waals surface area contributed by atoms with Crippen molar-refractivity contribution >= 4 is 38.0 Å². The van der Waals surface area contributed by atoms with Gasteiger partial charge in [0.25, 0.3) is 0 Å². The lowest BCUT2D eigenvalue weighted by molar-refractivity contribution is 0.345. The van der Waals surface area contributed by atoms with Gasteiger partial charge in [-0.3, -0.25) is 4.98 Å². The van der Waals surface area contributed by atoms with Gasteiger partial charge in [0, 0.05) is 23.9 Å². The molecule has 0 amide bonds. The van der Waals surface area contributed by atoms with Crippen LogP contribution in [0.4, 0.5) is 10.1 Å². The van der Waals surface area contributed by atoms with Crippen LogP contribution in [0.1, 0.15) is 25.7 Å². The monoisotopic (exact) mass is 477 g/mol. The number of nitrogens with two attached hydrogens (primary N) is 1. The predicted molar refractivity (Wildman–Crippen MR) is 125 cm³/mol. The molecule has 1 aliphatic carbocycles. The number of fused-ring (bicyclic) bond motifs is 1. The highest BCUT2D eigenvalue weighted by Crippen LogP contribution is 2.37. The molecule has 4 rings (SSSR count). The normalized spacial score (nSPS) is 19.2. The Balaban J connectivity index is 1.83. The summed E-state index contributed by atoms with van der Waals surface area (Å²) in [6.45, 7) is 0.661. The minimum Gasteiger partial charge on any atom is -0.504 e. The number of phenolic OH excluding ortho intramolecular Hbond substituents is 1. The van der Waals surface area contributed by atoms with E-state index < -0.39 is 21.4 Å². The fourth-order valence-corrected chi connectivity index (χ4v) is 5.25. The summed E-state index contributed by atoms with van der Waals surface area (Å²) in [6.07, 6.45) is 6.30. The average Bonchev–Trinajstić information content (AvgIpc) is 2.76. The molecule has 1 aromatic heterocycles. The first-order valence-corrected chi connectivity index (χ1v) is 12.7. The molecule has 1 aliphatic rings. The number of rotatable bonds is 5. The second-order valence-corrected chi connectivity index (χ2v) is 10.8. The fraction of sp³-hybridized carbons (Fsp3) is 0.348. The molecule has 0 atom stereocenters. The van der Waals surface area contributed by atoms with Gasteiger partial charge in [0.15, 0.2) is 21.4 Å².